The summed E-state index contributed by atoms with van der Waals surface area (Å²) in [6.07, 6.45) is 93.6. The lowest BCUT2D eigenvalue weighted by Gasteiger charge is -2.21. The number of aliphatic hydroxyl groups is 1. The molecule has 19 heteroatoms. The number of rotatable bonds is 77. The second-order valence-corrected chi connectivity index (χ2v) is 30.2. The van der Waals surface area contributed by atoms with E-state index >= 15 is 0 Å². The van der Waals surface area contributed by atoms with Gasteiger partial charge in [0.05, 0.1) is 26.4 Å². The highest BCUT2D eigenvalue weighted by Gasteiger charge is 2.30. The number of hydrogen-bond acceptors (Lipinski definition) is 15. The Labute approximate surface area is 655 Å². The summed E-state index contributed by atoms with van der Waals surface area (Å²) >= 11 is 0. The van der Waals surface area contributed by atoms with Gasteiger partial charge >= 0.3 is 39.5 Å². The maximum absolute atomic E-state index is 13.1. The molecule has 0 aromatic heterocycles. The molecule has 616 valence electrons. The van der Waals surface area contributed by atoms with E-state index in [1.54, 1.807) is 0 Å². The summed E-state index contributed by atoms with van der Waals surface area (Å²) in [5.41, 5.74) is 0. The molecule has 0 saturated heterocycles. The molecule has 0 amide bonds. The molecule has 5 unspecified atom stereocenters. The molecule has 5 atom stereocenters. The summed E-state index contributed by atoms with van der Waals surface area (Å²) in [6, 6.07) is 0. The smallest absolute Gasteiger partial charge is 0.462 e. The minimum Gasteiger partial charge on any atom is -0.462 e. The summed E-state index contributed by atoms with van der Waals surface area (Å²) in [4.78, 5) is 73.2. The molecule has 0 saturated carbocycles. The van der Waals surface area contributed by atoms with Crippen molar-refractivity contribution in [3.05, 3.63) is 158 Å². The van der Waals surface area contributed by atoms with E-state index in [2.05, 4.69) is 174 Å². The van der Waals surface area contributed by atoms with Crippen LogP contribution in [0, 0.1) is 0 Å². The van der Waals surface area contributed by atoms with Crippen LogP contribution in [0.2, 0.25) is 0 Å². The molecular weight excluding hydrogens is 1400 g/mol. The van der Waals surface area contributed by atoms with Crippen molar-refractivity contribution < 1.29 is 80.2 Å². The topological polar surface area (TPSA) is 237 Å². The Kier molecular flexibility index (Phi) is 75.8. The molecule has 0 rings (SSSR count). The van der Waals surface area contributed by atoms with Crippen LogP contribution in [0.4, 0.5) is 0 Å². The van der Waals surface area contributed by atoms with Crippen molar-refractivity contribution in [3.8, 4) is 0 Å². The molecule has 17 nitrogen and oxygen atoms in total. The Morgan fingerprint density at radius 3 is 0.787 bits per heavy atom. The number of hydrogen-bond donors (Lipinski definition) is 3. The molecule has 0 aromatic carbocycles. The van der Waals surface area contributed by atoms with Crippen molar-refractivity contribution in [2.24, 2.45) is 0 Å². The highest BCUT2D eigenvalue weighted by Crippen LogP contribution is 2.45. The maximum Gasteiger partial charge on any atom is 0.472 e. The van der Waals surface area contributed by atoms with Crippen LogP contribution < -0.4 is 0 Å². The second kappa shape index (κ2) is 79.8. The summed E-state index contributed by atoms with van der Waals surface area (Å²) in [5.74, 6) is -2.29. The van der Waals surface area contributed by atoms with E-state index in [0.717, 1.165) is 173 Å². The molecule has 0 aliphatic heterocycles. The van der Waals surface area contributed by atoms with Crippen LogP contribution in [0.3, 0.4) is 0 Å². The summed E-state index contributed by atoms with van der Waals surface area (Å²) in [6.45, 7) is 4.45. The third-order valence-corrected chi connectivity index (χ3v) is 18.9. The van der Waals surface area contributed by atoms with Gasteiger partial charge in [-0.25, -0.2) is 9.13 Å². The van der Waals surface area contributed by atoms with E-state index in [1.165, 1.54) is 64.2 Å². The molecule has 0 fully saturated rings. The van der Waals surface area contributed by atoms with Gasteiger partial charge < -0.3 is 33.8 Å². The number of unbranched alkanes of at least 4 members (excludes halogenated alkanes) is 25. The molecule has 0 aliphatic carbocycles. The highest BCUT2D eigenvalue weighted by molar-refractivity contribution is 7.47. The van der Waals surface area contributed by atoms with Crippen molar-refractivity contribution >= 4 is 39.5 Å². The zero-order chi connectivity index (χ0) is 78.9. The molecule has 3 N–H and O–H groups in total. The molecule has 0 radical (unpaired) electrons. The number of carbonyl (C=O) groups excluding carboxylic acids is 4. The van der Waals surface area contributed by atoms with Crippen LogP contribution in [0.25, 0.3) is 0 Å². The summed E-state index contributed by atoms with van der Waals surface area (Å²) < 4.78 is 68.7. The fraction of sp³-hybridized carbons (Fsp3) is 0.663. The number of esters is 4. The van der Waals surface area contributed by atoms with Crippen molar-refractivity contribution in [3.63, 3.8) is 0 Å². The van der Waals surface area contributed by atoms with E-state index in [9.17, 15) is 43.2 Å². The Morgan fingerprint density at radius 1 is 0.269 bits per heavy atom. The fourth-order valence-electron chi connectivity index (χ4n) is 10.8. The number of aliphatic hydroxyl groups excluding tert-OH is 1. The molecule has 0 aliphatic rings. The van der Waals surface area contributed by atoms with Gasteiger partial charge in [0, 0.05) is 25.7 Å². The first-order chi connectivity index (χ1) is 52.7. The summed E-state index contributed by atoms with van der Waals surface area (Å²) in [7, 11) is -10.00. The van der Waals surface area contributed by atoms with Gasteiger partial charge in [-0.3, -0.25) is 37.3 Å². The lowest BCUT2D eigenvalue weighted by Crippen LogP contribution is -2.30. The minimum atomic E-state index is -5.00. The van der Waals surface area contributed by atoms with Crippen LogP contribution in [0.5, 0.6) is 0 Å². The SMILES string of the molecule is CC/C=C\C/C=C\C/C=C\C/C=C\C/C=C\CCCCCC(=O)OCC(COP(=O)(O)OCC(O)COP(=O)(O)OCC(COC(=O)CCC/C=C\C/C=C\C/C=C\C/C=C\C/C=C\CC)OC(=O)CCCCCCCCCCCCCCCCC)OC(=O)CCCCCCCCC/C=C\C/C=C\C/C=C\CC. The number of phosphoric ester groups is 2. The van der Waals surface area contributed by atoms with Gasteiger partial charge in [-0.15, -0.1) is 0 Å². The predicted octanol–water partition coefficient (Wildman–Crippen LogP) is 24.8. The molecule has 108 heavy (non-hydrogen) atoms. The third-order valence-electron chi connectivity index (χ3n) is 17.0. The largest absolute Gasteiger partial charge is 0.472 e. The quantitative estimate of drug-likeness (QED) is 0.0169. The predicted molar refractivity (Wildman–Crippen MR) is 445 cm³/mol. The zero-order valence-corrected chi connectivity index (χ0v) is 69.3. The van der Waals surface area contributed by atoms with E-state index in [-0.39, 0.29) is 25.7 Å². The first kappa shape index (κ1) is 103. The molecular formula is C89H148O17P2. The average molecular weight is 1550 g/mol. The first-order valence-corrected chi connectivity index (χ1v) is 44.7. The Morgan fingerprint density at radius 2 is 0.491 bits per heavy atom. The van der Waals surface area contributed by atoms with Gasteiger partial charge in [-0.2, -0.15) is 0 Å². The van der Waals surface area contributed by atoms with Crippen molar-refractivity contribution in [1.29, 1.82) is 0 Å². The van der Waals surface area contributed by atoms with Gasteiger partial charge in [-0.1, -0.05) is 314 Å². The van der Waals surface area contributed by atoms with E-state index in [4.69, 9.17) is 37.0 Å². The Bertz CT molecular complexity index is 2660. The van der Waals surface area contributed by atoms with Gasteiger partial charge in [0.15, 0.2) is 12.2 Å². The highest BCUT2D eigenvalue weighted by atomic mass is 31.2. The van der Waals surface area contributed by atoms with Crippen LogP contribution in [0.1, 0.15) is 323 Å². The molecule has 0 heterocycles. The van der Waals surface area contributed by atoms with E-state index in [0.29, 0.717) is 32.1 Å². The summed E-state index contributed by atoms with van der Waals surface area (Å²) in [5, 5.41) is 10.7. The van der Waals surface area contributed by atoms with Gasteiger partial charge in [-0.05, 0) is 141 Å². The maximum atomic E-state index is 13.1. The third kappa shape index (κ3) is 78.8. The van der Waals surface area contributed by atoms with Crippen molar-refractivity contribution in [1.82, 2.24) is 0 Å². The van der Waals surface area contributed by atoms with Gasteiger partial charge in [0.1, 0.15) is 19.3 Å². The van der Waals surface area contributed by atoms with Gasteiger partial charge in [0.2, 0.25) is 0 Å². The Hall–Kier alpha value is -5.32. The standard InChI is InChI=1S/C89H148O17P2/c1-5-9-13-17-21-25-29-33-37-40-41-44-47-50-54-58-62-66-70-74-87(92)100-80-85(106-89(94)76-72-68-64-60-56-52-48-43-39-35-31-27-23-19-15-11-7-3)82-104-108(97,98)102-78-83(90)77-101-107(95,96)103-81-84(105-88(93)75-71-67-63-59-55-51-45-36-32-28-24-20-16-12-8-4)79-99-86(91)73-69-65-61-57-53-49-46-42-38-34-30-26-22-18-14-10-6-2/h9-11,13-15,21-23,25-27,33-35,37-39,41,44,46,49-50,54,57,61,83-85,90H,5-8,12,16-20,24,28-32,36,40,42-43,45,47-48,51-53,55-56,58-60,62-82H2,1-4H3,(H,95,96)(H,97,98)/b13-9-,14-10-,15-11-,25-21-,26-22-,27-23-,37-33-,38-34-,39-35-,44-41-,49-46-,54-50-,61-57-. The first-order valence-electron chi connectivity index (χ1n) is 41.7. The monoisotopic (exact) mass is 1550 g/mol. The Balaban J connectivity index is 5.46. The average Bonchev–Trinajstić information content (AvgIpc) is 0.906. The second-order valence-electron chi connectivity index (χ2n) is 27.3. The fourth-order valence-corrected chi connectivity index (χ4v) is 12.3. The van der Waals surface area contributed by atoms with Gasteiger partial charge in [0.25, 0.3) is 0 Å². The zero-order valence-electron chi connectivity index (χ0n) is 67.5. The number of allylic oxidation sites excluding steroid dienone is 26. The minimum absolute atomic E-state index is 0.0701. The lowest BCUT2D eigenvalue weighted by molar-refractivity contribution is -0.161. The van der Waals surface area contributed by atoms with Crippen LogP contribution in [-0.2, 0) is 65.4 Å². The van der Waals surface area contributed by atoms with E-state index in [1.807, 2.05) is 12.2 Å². The van der Waals surface area contributed by atoms with E-state index < -0.39 is 97.5 Å². The normalized spacial score (nSPS) is 14.6. The molecule has 0 aromatic rings. The van der Waals surface area contributed by atoms with Crippen molar-refractivity contribution in [2.45, 2.75) is 341 Å². The van der Waals surface area contributed by atoms with Crippen molar-refractivity contribution in [2.75, 3.05) is 39.6 Å². The van der Waals surface area contributed by atoms with Crippen LogP contribution in [-0.4, -0.2) is 96.7 Å². The molecule has 0 bridgehead atoms. The number of phosphoric acid groups is 2. The van der Waals surface area contributed by atoms with Crippen LogP contribution >= 0.6 is 15.6 Å². The number of carbonyl (C=O) groups is 4. The van der Waals surface area contributed by atoms with Crippen LogP contribution in [0.15, 0.2) is 158 Å². The lowest BCUT2D eigenvalue weighted by atomic mass is 10.0. The number of ether oxygens (including phenoxy) is 4. The molecule has 0 spiro atoms.